The maximum atomic E-state index is 13.2. The number of esters is 1. The molecular formula is C23H25FN2O5. The van der Waals surface area contributed by atoms with Gasteiger partial charge in [-0.3, -0.25) is 0 Å². The van der Waals surface area contributed by atoms with Gasteiger partial charge in [0.25, 0.3) is 0 Å². The Morgan fingerprint density at radius 3 is 2.52 bits per heavy atom. The van der Waals surface area contributed by atoms with Crippen molar-refractivity contribution in [2.75, 3.05) is 7.11 Å². The van der Waals surface area contributed by atoms with E-state index in [1.165, 1.54) is 19.2 Å². The molecule has 1 aliphatic heterocycles. The van der Waals surface area contributed by atoms with E-state index in [9.17, 15) is 14.0 Å². The average Bonchev–Trinajstić information content (AvgIpc) is 2.71. The highest BCUT2D eigenvalue weighted by molar-refractivity contribution is 5.95. The van der Waals surface area contributed by atoms with Crippen LogP contribution >= 0.6 is 0 Å². The van der Waals surface area contributed by atoms with Gasteiger partial charge in [0.05, 0.1) is 24.8 Å². The van der Waals surface area contributed by atoms with Gasteiger partial charge >= 0.3 is 12.0 Å². The lowest BCUT2D eigenvalue weighted by Gasteiger charge is -2.30. The summed E-state index contributed by atoms with van der Waals surface area (Å²) in [5.41, 5.74) is 1.95. The first kappa shape index (κ1) is 22.1. The van der Waals surface area contributed by atoms with E-state index in [-0.39, 0.29) is 24.1 Å². The highest BCUT2D eigenvalue weighted by Gasteiger charge is 2.35. The molecule has 1 aliphatic rings. The summed E-state index contributed by atoms with van der Waals surface area (Å²) < 4.78 is 30.1. The third-order valence-corrected chi connectivity index (χ3v) is 4.67. The van der Waals surface area contributed by atoms with Gasteiger partial charge < -0.3 is 24.8 Å². The highest BCUT2D eigenvalue weighted by atomic mass is 19.1. The number of hydrogen-bond acceptors (Lipinski definition) is 5. The molecule has 31 heavy (non-hydrogen) atoms. The first-order valence-corrected chi connectivity index (χ1v) is 9.83. The maximum Gasteiger partial charge on any atom is 0.338 e. The number of urea groups is 1. The second kappa shape index (κ2) is 9.51. The zero-order chi connectivity index (χ0) is 22.5. The summed E-state index contributed by atoms with van der Waals surface area (Å²) in [6.07, 6.45) is -0.328. The van der Waals surface area contributed by atoms with Crippen LogP contribution in [0.5, 0.6) is 11.5 Å². The van der Waals surface area contributed by atoms with E-state index >= 15 is 0 Å². The molecule has 2 N–H and O–H groups in total. The van der Waals surface area contributed by atoms with Gasteiger partial charge in [-0.05, 0) is 44.5 Å². The number of methoxy groups -OCH3 is 1. The van der Waals surface area contributed by atoms with Crippen LogP contribution in [0, 0.1) is 5.82 Å². The molecule has 7 nitrogen and oxygen atoms in total. The van der Waals surface area contributed by atoms with Crippen LogP contribution in [0.15, 0.2) is 53.7 Å². The maximum absolute atomic E-state index is 13.2. The fourth-order valence-electron chi connectivity index (χ4n) is 3.29. The van der Waals surface area contributed by atoms with Crippen molar-refractivity contribution in [1.82, 2.24) is 10.6 Å². The van der Waals surface area contributed by atoms with Crippen molar-refractivity contribution in [1.29, 1.82) is 0 Å². The summed E-state index contributed by atoms with van der Waals surface area (Å²) in [4.78, 5) is 25.0. The topological polar surface area (TPSA) is 85.9 Å². The van der Waals surface area contributed by atoms with Crippen molar-refractivity contribution in [3.8, 4) is 11.5 Å². The van der Waals surface area contributed by atoms with Gasteiger partial charge in [-0.25, -0.2) is 14.0 Å². The fourth-order valence-corrected chi connectivity index (χ4v) is 3.29. The Balaban J connectivity index is 2.01. The monoisotopic (exact) mass is 428 g/mol. The minimum absolute atomic E-state index is 0.140. The molecule has 0 fully saturated rings. The molecule has 0 spiro atoms. The minimum atomic E-state index is -0.807. The summed E-state index contributed by atoms with van der Waals surface area (Å²) in [5, 5.41) is 5.39. The van der Waals surface area contributed by atoms with Gasteiger partial charge in [0.1, 0.15) is 12.4 Å². The summed E-state index contributed by atoms with van der Waals surface area (Å²) in [6.45, 7) is 5.28. The van der Waals surface area contributed by atoms with E-state index in [0.717, 1.165) is 5.56 Å². The number of allylic oxidation sites excluding steroid dienone is 1. The molecule has 0 aliphatic carbocycles. The van der Waals surface area contributed by atoms with Crippen LogP contribution in [0.2, 0.25) is 0 Å². The second-order valence-corrected chi connectivity index (χ2v) is 7.32. The first-order chi connectivity index (χ1) is 14.8. The molecule has 0 bridgehead atoms. The van der Waals surface area contributed by atoms with Crippen LogP contribution in [0.1, 0.15) is 37.9 Å². The number of hydrogen-bond donors (Lipinski definition) is 2. The molecule has 0 saturated heterocycles. The zero-order valence-electron chi connectivity index (χ0n) is 17.8. The molecule has 8 heteroatoms. The largest absolute Gasteiger partial charge is 0.493 e. The van der Waals surface area contributed by atoms with Crippen LogP contribution in [0.25, 0.3) is 0 Å². The lowest BCUT2D eigenvalue weighted by Crippen LogP contribution is -2.45. The van der Waals surface area contributed by atoms with Gasteiger partial charge in [0, 0.05) is 11.3 Å². The molecule has 2 aromatic carbocycles. The van der Waals surface area contributed by atoms with Crippen LogP contribution in [-0.4, -0.2) is 25.2 Å². The highest BCUT2D eigenvalue weighted by Crippen LogP contribution is 2.39. The molecular weight excluding hydrogens is 403 g/mol. The summed E-state index contributed by atoms with van der Waals surface area (Å²) >= 11 is 0. The van der Waals surface area contributed by atoms with E-state index in [4.69, 9.17) is 14.2 Å². The Bertz CT molecular complexity index is 1000. The number of rotatable bonds is 7. The van der Waals surface area contributed by atoms with Crippen LogP contribution in [0.4, 0.5) is 9.18 Å². The van der Waals surface area contributed by atoms with E-state index in [0.29, 0.717) is 22.8 Å². The van der Waals surface area contributed by atoms with Crippen LogP contribution in [-0.2, 0) is 16.1 Å². The van der Waals surface area contributed by atoms with Gasteiger partial charge in [0.2, 0.25) is 0 Å². The zero-order valence-corrected chi connectivity index (χ0v) is 17.8. The summed E-state index contributed by atoms with van der Waals surface area (Å²) in [6, 6.07) is 9.88. The van der Waals surface area contributed by atoms with Crippen molar-refractivity contribution in [3.63, 3.8) is 0 Å². The van der Waals surface area contributed by atoms with Crippen LogP contribution < -0.4 is 20.1 Å². The van der Waals surface area contributed by atoms with E-state index in [2.05, 4.69) is 10.6 Å². The number of para-hydroxylation sites is 1. The molecule has 2 aromatic rings. The first-order valence-electron chi connectivity index (χ1n) is 9.83. The molecule has 1 atom stereocenters. The Kier molecular flexibility index (Phi) is 6.79. The van der Waals surface area contributed by atoms with Gasteiger partial charge in [-0.2, -0.15) is 0 Å². The Hall–Kier alpha value is -3.55. The Morgan fingerprint density at radius 1 is 1.16 bits per heavy atom. The van der Waals surface area contributed by atoms with E-state index < -0.39 is 18.0 Å². The van der Waals surface area contributed by atoms with Crippen LogP contribution in [0.3, 0.4) is 0 Å². The molecule has 0 saturated carbocycles. The number of carbonyl (C=O) groups excluding carboxylic acids is 2. The number of ether oxygens (including phenoxy) is 3. The third-order valence-electron chi connectivity index (χ3n) is 4.67. The van der Waals surface area contributed by atoms with Crippen molar-refractivity contribution >= 4 is 12.0 Å². The van der Waals surface area contributed by atoms with Crippen molar-refractivity contribution in [3.05, 3.63) is 70.7 Å². The standard InChI is InChI=1S/C23H25FN2O5/c1-13(2)31-22(27)19-14(3)25-23(28)26-20(19)17-6-5-7-18(29-4)21(17)30-12-15-8-10-16(24)11-9-15/h5-11,13,20H,12H2,1-4H3,(H2,25,26,28). The fraction of sp³-hybridized carbons (Fsp3) is 0.304. The molecule has 1 unspecified atom stereocenters. The average molecular weight is 428 g/mol. The predicted octanol–water partition coefficient (Wildman–Crippen LogP) is 3.99. The van der Waals surface area contributed by atoms with Gasteiger partial charge in [0.15, 0.2) is 11.5 Å². The quantitative estimate of drug-likeness (QED) is 0.652. The predicted molar refractivity (Wildman–Crippen MR) is 112 cm³/mol. The normalized spacial score (nSPS) is 15.9. The SMILES string of the molecule is COc1cccc(C2NC(=O)NC(C)=C2C(=O)OC(C)C)c1OCc1ccc(F)cc1. The summed E-state index contributed by atoms with van der Waals surface area (Å²) in [7, 11) is 1.50. The molecule has 164 valence electrons. The molecule has 0 aromatic heterocycles. The van der Waals surface area contributed by atoms with Crippen molar-refractivity contribution in [2.24, 2.45) is 0 Å². The van der Waals surface area contributed by atoms with Crippen molar-refractivity contribution in [2.45, 2.75) is 39.5 Å². The van der Waals surface area contributed by atoms with E-state index in [1.807, 2.05) is 0 Å². The lowest BCUT2D eigenvalue weighted by atomic mass is 9.94. The molecule has 2 amide bonds. The molecule has 3 rings (SSSR count). The van der Waals surface area contributed by atoms with Gasteiger partial charge in [-0.1, -0.05) is 24.3 Å². The van der Waals surface area contributed by atoms with Crippen molar-refractivity contribution < 1.29 is 28.2 Å². The Morgan fingerprint density at radius 2 is 1.87 bits per heavy atom. The number of nitrogens with one attached hydrogen (secondary N) is 2. The number of amides is 2. The third kappa shape index (κ3) is 5.14. The Labute approximate surface area is 180 Å². The smallest absolute Gasteiger partial charge is 0.338 e. The number of carbonyl (C=O) groups is 2. The van der Waals surface area contributed by atoms with Gasteiger partial charge in [-0.15, -0.1) is 0 Å². The number of benzene rings is 2. The summed E-state index contributed by atoms with van der Waals surface area (Å²) in [5.74, 6) is -0.0869. The lowest BCUT2D eigenvalue weighted by molar-refractivity contribution is -0.143. The molecule has 0 radical (unpaired) electrons. The molecule has 1 heterocycles. The minimum Gasteiger partial charge on any atom is -0.493 e. The number of halogens is 1. The van der Waals surface area contributed by atoms with E-state index in [1.54, 1.807) is 51.1 Å². The second-order valence-electron chi connectivity index (χ2n) is 7.32.